The first-order chi connectivity index (χ1) is 10.3. The van der Waals surface area contributed by atoms with Gasteiger partial charge in [-0.15, -0.1) is 0 Å². The molecule has 1 aliphatic heterocycles. The molecule has 0 bridgehead atoms. The van der Waals surface area contributed by atoms with E-state index >= 15 is 0 Å². The monoisotopic (exact) mass is 286 g/mol. The van der Waals surface area contributed by atoms with Gasteiger partial charge in [0.2, 0.25) is 0 Å². The lowest BCUT2D eigenvalue weighted by atomic mass is 10.0. The number of hydrogen-bond acceptors (Lipinski definition) is 4. The van der Waals surface area contributed by atoms with Crippen LogP contribution >= 0.6 is 0 Å². The first kappa shape index (κ1) is 14.3. The van der Waals surface area contributed by atoms with Crippen molar-refractivity contribution < 1.29 is 9.84 Å². The number of rotatable bonds is 4. The average molecular weight is 286 g/mol. The van der Waals surface area contributed by atoms with Gasteiger partial charge in [-0.1, -0.05) is 30.3 Å². The van der Waals surface area contributed by atoms with Gasteiger partial charge < -0.3 is 15.2 Å². The summed E-state index contributed by atoms with van der Waals surface area (Å²) in [6.45, 7) is 4.17. The Morgan fingerprint density at radius 1 is 1.29 bits per heavy atom. The minimum Gasteiger partial charge on any atom is -0.508 e. The number of ether oxygens (including phenoxy) is 1. The third kappa shape index (κ3) is 3.18. The van der Waals surface area contributed by atoms with E-state index in [4.69, 9.17) is 4.74 Å². The van der Waals surface area contributed by atoms with Crippen molar-refractivity contribution in [2.45, 2.75) is 12.6 Å². The largest absolute Gasteiger partial charge is 0.508 e. The summed E-state index contributed by atoms with van der Waals surface area (Å²) in [6, 6.07) is 12.0. The molecule has 0 radical (unpaired) electrons. The summed E-state index contributed by atoms with van der Waals surface area (Å²) in [5, 5.41) is 15.7. The van der Waals surface area contributed by atoms with Crippen LogP contribution in [0.2, 0.25) is 0 Å². The number of benzene rings is 2. The summed E-state index contributed by atoms with van der Waals surface area (Å²) in [7, 11) is 1.94. The molecule has 0 aromatic heterocycles. The van der Waals surface area contributed by atoms with E-state index in [2.05, 4.69) is 22.3 Å². The van der Waals surface area contributed by atoms with Crippen LogP contribution in [0.4, 0.5) is 0 Å². The highest BCUT2D eigenvalue weighted by atomic mass is 16.5. The first-order valence-corrected chi connectivity index (χ1v) is 7.46. The lowest BCUT2D eigenvalue weighted by Gasteiger charge is -2.33. The number of fused-ring (bicyclic) bond motifs is 1. The van der Waals surface area contributed by atoms with E-state index in [1.807, 2.05) is 25.2 Å². The molecule has 112 valence electrons. The van der Waals surface area contributed by atoms with Crippen molar-refractivity contribution in [3.05, 3.63) is 42.0 Å². The summed E-state index contributed by atoms with van der Waals surface area (Å²) in [4.78, 5) is 2.35. The zero-order valence-corrected chi connectivity index (χ0v) is 12.4. The summed E-state index contributed by atoms with van der Waals surface area (Å²) < 4.78 is 5.74. The fourth-order valence-corrected chi connectivity index (χ4v) is 2.99. The predicted molar refractivity (Wildman–Crippen MR) is 84.6 cm³/mol. The van der Waals surface area contributed by atoms with E-state index in [0.717, 1.165) is 43.7 Å². The van der Waals surface area contributed by atoms with Crippen molar-refractivity contribution in [1.29, 1.82) is 0 Å². The Hall–Kier alpha value is -1.62. The Morgan fingerprint density at radius 3 is 3.00 bits per heavy atom. The number of nitrogens with zero attached hydrogens (tertiary/aromatic N) is 1. The molecule has 0 spiro atoms. The second-order valence-corrected chi connectivity index (χ2v) is 5.57. The predicted octanol–water partition coefficient (Wildman–Crippen LogP) is 1.97. The molecule has 1 atom stereocenters. The highest BCUT2D eigenvalue weighted by Crippen LogP contribution is 2.28. The molecule has 4 nitrogen and oxygen atoms in total. The molecule has 0 aliphatic carbocycles. The van der Waals surface area contributed by atoms with Gasteiger partial charge in [0, 0.05) is 31.7 Å². The first-order valence-electron chi connectivity index (χ1n) is 7.46. The van der Waals surface area contributed by atoms with Gasteiger partial charge in [-0.2, -0.15) is 0 Å². The van der Waals surface area contributed by atoms with Crippen LogP contribution in [0.3, 0.4) is 0 Å². The Balaban J connectivity index is 1.82. The molecule has 1 aliphatic rings. The number of hydrogen-bond donors (Lipinski definition) is 2. The smallest absolute Gasteiger partial charge is 0.120 e. The van der Waals surface area contributed by atoms with Crippen molar-refractivity contribution >= 4 is 10.8 Å². The summed E-state index contributed by atoms with van der Waals surface area (Å²) in [5.41, 5.74) is 1.01. The van der Waals surface area contributed by atoms with Crippen molar-refractivity contribution in [2.24, 2.45) is 0 Å². The van der Waals surface area contributed by atoms with E-state index in [1.54, 1.807) is 6.07 Å². The quantitative estimate of drug-likeness (QED) is 0.902. The molecule has 1 unspecified atom stereocenters. The van der Waals surface area contributed by atoms with E-state index in [0.29, 0.717) is 5.75 Å². The van der Waals surface area contributed by atoms with E-state index in [9.17, 15) is 5.11 Å². The highest BCUT2D eigenvalue weighted by Gasteiger charge is 2.21. The lowest BCUT2D eigenvalue weighted by molar-refractivity contribution is -0.0291. The van der Waals surface area contributed by atoms with Crippen molar-refractivity contribution in [3.63, 3.8) is 0 Å². The molecule has 1 heterocycles. The van der Waals surface area contributed by atoms with Gasteiger partial charge in [-0.3, -0.25) is 4.90 Å². The minimum atomic E-state index is 0.223. The summed E-state index contributed by atoms with van der Waals surface area (Å²) in [6.07, 6.45) is 0.223. The molecule has 2 N–H and O–H groups in total. The third-order valence-electron chi connectivity index (χ3n) is 4.05. The molecular formula is C17H22N2O2. The van der Waals surface area contributed by atoms with E-state index in [1.165, 1.54) is 5.39 Å². The fraction of sp³-hybridized carbons (Fsp3) is 0.412. The van der Waals surface area contributed by atoms with Gasteiger partial charge in [-0.05, 0) is 23.9 Å². The molecule has 1 fully saturated rings. The fourth-order valence-electron chi connectivity index (χ4n) is 2.99. The normalized spacial score (nSPS) is 20.0. The standard InChI is InChI=1S/C17H22N2O2/c1-18-10-14-11-19(8-9-21-14)12-16-15-5-3-2-4-13(15)6-7-17(16)20/h2-7,14,18,20H,8-12H2,1H3. The lowest BCUT2D eigenvalue weighted by Crippen LogP contribution is -2.45. The maximum Gasteiger partial charge on any atom is 0.120 e. The third-order valence-corrected chi connectivity index (χ3v) is 4.05. The molecule has 0 saturated carbocycles. The van der Waals surface area contributed by atoms with Gasteiger partial charge in [0.1, 0.15) is 5.75 Å². The van der Waals surface area contributed by atoms with Gasteiger partial charge in [-0.25, -0.2) is 0 Å². The Labute approximate surface area is 125 Å². The van der Waals surface area contributed by atoms with Crippen molar-refractivity contribution in [3.8, 4) is 5.75 Å². The Morgan fingerprint density at radius 2 is 2.14 bits per heavy atom. The van der Waals surface area contributed by atoms with Gasteiger partial charge >= 0.3 is 0 Å². The number of nitrogens with one attached hydrogen (secondary N) is 1. The molecule has 3 rings (SSSR count). The topological polar surface area (TPSA) is 44.7 Å². The molecular weight excluding hydrogens is 264 g/mol. The number of morpholine rings is 1. The highest BCUT2D eigenvalue weighted by molar-refractivity contribution is 5.87. The van der Waals surface area contributed by atoms with Crippen molar-refractivity contribution in [2.75, 3.05) is 33.3 Å². The van der Waals surface area contributed by atoms with Crippen LogP contribution in [0, 0.1) is 0 Å². The molecule has 2 aromatic rings. The maximum atomic E-state index is 10.2. The summed E-state index contributed by atoms with van der Waals surface area (Å²) >= 11 is 0. The van der Waals surface area contributed by atoms with Crippen LogP contribution in [0.15, 0.2) is 36.4 Å². The number of phenolic OH excluding ortho intramolecular Hbond substituents is 1. The van der Waals surface area contributed by atoms with Crippen LogP contribution in [0.5, 0.6) is 5.75 Å². The zero-order chi connectivity index (χ0) is 14.7. The minimum absolute atomic E-state index is 0.223. The SMILES string of the molecule is CNCC1CN(Cc2c(O)ccc3ccccc23)CCO1. The zero-order valence-electron chi connectivity index (χ0n) is 12.4. The maximum absolute atomic E-state index is 10.2. The number of likely N-dealkylation sites (N-methyl/N-ethyl adjacent to an activating group) is 1. The molecule has 0 amide bonds. The number of aromatic hydroxyl groups is 1. The van der Waals surface area contributed by atoms with Crippen LogP contribution in [-0.2, 0) is 11.3 Å². The number of phenols is 1. The summed E-state index contributed by atoms with van der Waals surface area (Å²) in [5.74, 6) is 0.380. The molecule has 4 heteroatoms. The molecule has 1 saturated heterocycles. The second-order valence-electron chi connectivity index (χ2n) is 5.57. The molecule has 2 aromatic carbocycles. The average Bonchev–Trinajstić information content (AvgIpc) is 2.51. The van der Waals surface area contributed by atoms with E-state index < -0.39 is 0 Å². The molecule has 21 heavy (non-hydrogen) atoms. The van der Waals surface area contributed by atoms with Crippen molar-refractivity contribution in [1.82, 2.24) is 10.2 Å². The van der Waals surface area contributed by atoms with Crippen LogP contribution < -0.4 is 5.32 Å². The van der Waals surface area contributed by atoms with Gasteiger partial charge in [0.25, 0.3) is 0 Å². The van der Waals surface area contributed by atoms with Gasteiger partial charge in [0.15, 0.2) is 0 Å². The van der Waals surface area contributed by atoms with Gasteiger partial charge in [0.05, 0.1) is 12.7 Å². The van der Waals surface area contributed by atoms with E-state index in [-0.39, 0.29) is 6.10 Å². The Kier molecular flexibility index (Phi) is 4.39. The van der Waals surface area contributed by atoms with Crippen LogP contribution in [0.1, 0.15) is 5.56 Å². The van der Waals surface area contributed by atoms with Crippen LogP contribution in [-0.4, -0.2) is 49.4 Å². The Bertz CT molecular complexity index is 613. The second kappa shape index (κ2) is 6.43. The van der Waals surface area contributed by atoms with Crippen LogP contribution in [0.25, 0.3) is 10.8 Å².